The first-order chi connectivity index (χ1) is 13.3. The SMILES string of the molecule is CCOC(=O)c1c(NC(=O)CSc2cccc[n+]2[O-])sc(C(=O)N(C)C)c1C. The van der Waals surface area contributed by atoms with Gasteiger partial charge in [0.15, 0.2) is 6.20 Å². The number of hydrogen-bond acceptors (Lipinski definition) is 7. The molecule has 8 nitrogen and oxygen atoms in total. The molecule has 0 aliphatic heterocycles. The minimum absolute atomic E-state index is 0.0254. The number of anilines is 1. The van der Waals surface area contributed by atoms with E-state index in [9.17, 15) is 19.6 Å². The molecule has 2 amide bonds. The van der Waals surface area contributed by atoms with Crippen LogP contribution in [-0.4, -0.2) is 49.1 Å². The largest absolute Gasteiger partial charge is 0.618 e. The maximum atomic E-state index is 12.4. The molecule has 10 heteroatoms. The third-order valence-corrected chi connectivity index (χ3v) is 5.83. The average Bonchev–Trinajstić information content (AvgIpc) is 2.96. The summed E-state index contributed by atoms with van der Waals surface area (Å²) in [7, 11) is 3.22. The van der Waals surface area contributed by atoms with E-state index < -0.39 is 11.9 Å². The van der Waals surface area contributed by atoms with Gasteiger partial charge >= 0.3 is 5.97 Å². The zero-order valence-electron chi connectivity index (χ0n) is 16.0. The number of carbonyl (C=O) groups is 3. The first-order valence-corrected chi connectivity index (χ1v) is 10.2. The normalized spacial score (nSPS) is 10.4. The molecule has 1 N–H and O–H groups in total. The molecule has 0 saturated carbocycles. The molecule has 0 atom stereocenters. The predicted molar refractivity (Wildman–Crippen MR) is 108 cm³/mol. The fourth-order valence-corrected chi connectivity index (χ4v) is 4.23. The number of aromatic nitrogens is 1. The molecule has 0 saturated heterocycles. The highest BCUT2D eigenvalue weighted by Crippen LogP contribution is 2.34. The molecule has 0 bridgehead atoms. The standard InChI is InChI=1S/C18H21N3O5S2/c1-5-26-18(24)14-11(2)15(17(23)20(3)4)28-16(14)19-12(22)10-27-13-8-6-7-9-21(13)25/h6-9H,5,10H2,1-4H3,(H,19,22). The van der Waals surface area contributed by atoms with E-state index in [1.807, 2.05) is 0 Å². The number of thioether (sulfide) groups is 1. The number of rotatable bonds is 7. The number of thiophene rings is 1. The number of ether oxygens (including phenoxy) is 1. The zero-order chi connectivity index (χ0) is 20.8. The summed E-state index contributed by atoms with van der Waals surface area (Å²) in [4.78, 5) is 38.9. The quantitative estimate of drug-likeness (QED) is 0.317. The third-order valence-electron chi connectivity index (χ3n) is 3.62. The van der Waals surface area contributed by atoms with Crippen LogP contribution in [0.25, 0.3) is 0 Å². The van der Waals surface area contributed by atoms with Crippen LogP contribution in [0.5, 0.6) is 0 Å². The first kappa shape index (κ1) is 21.7. The summed E-state index contributed by atoms with van der Waals surface area (Å²) in [5.41, 5.74) is 0.638. The first-order valence-electron chi connectivity index (χ1n) is 8.39. The van der Waals surface area contributed by atoms with Gasteiger partial charge in [0.05, 0.1) is 22.8 Å². The zero-order valence-corrected chi connectivity index (χ0v) is 17.6. The van der Waals surface area contributed by atoms with Gasteiger partial charge in [-0.15, -0.1) is 11.3 Å². The molecule has 2 heterocycles. The molecule has 2 aromatic rings. The molecular formula is C18H21N3O5S2. The van der Waals surface area contributed by atoms with Gasteiger partial charge < -0.3 is 20.2 Å². The van der Waals surface area contributed by atoms with Crippen LogP contribution in [0.2, 0.25) is 0 Å². The number of carbonyl (C=O) groups excluding carboxylic acids is 3. The highest BCUT2D eigenvalue weighted by atomic mass is 32.2. The van der Waals surface area contributed by atoms with Crippen LogP contribution in [0.1, 0.15) is 32.5 Å². The average molecular weight is 424 g/mol. The number of nitrogens with one attached hydrogen (secondary N) is 1. The Balaban J connectivity index is 2.24. The lowest BCUT2D eigenvalue weighted by atomic mass is 10.1. The third kappa shape index (κ3) is 5.02. The van der Waals surface area contributed by atoms with E-state index >= 15 is 0 Å². The lowest BCUT2D eigenvalue weighted by Crippen LogP contribution is -2.28. The van der Waals surface area contributed by atoms with Crippen molar-refractivity contribution >= 4 is 45.9 Å². The molecule has 0 aliphatic carbocycles. The Morgan fingerprint density at radius 3 is 2.64 bits per heavy atom. The summed E-state index contributed by atoms with van der Waals surface area (Å²) >= 11 is 2.10. The summed E-state index contributed by atoms with van der Waals surface area (Å²) in [6.45, 7) is 3.50. The van der Waals surface area contributed by atoms with Gasteiger partial charge in [-0.1, -0.05) is 0 Å². The van der Waals surface area contributed by atoms with Crippen LogP contribution in [0.15, 0.2) is 29.4 Å². The Kier molecular flexibility index (Phi) is 7.41. The minimum Gasteiger partial charge on any atom is -0.618 e. The highest BCUT2D eigenvalue weighted by Gasteiger charge is 2.27. The Morgan fingerprint density at radius 2 is 2.04 bits per heavy atom. The van der Waals surface area contributed by atoms with Gasteiger partial charge in [0.1, 0.15) is 5.00 Å². The van der Waals surface area contributed by atoms with Crippen LogP contribution >= 0.6 is 23.1 Å². The molecule has 0 aliphatic rings. The van der Waals surface area contributed by atoms with Crippen molar-refractivity contribution in [3.8, 4) is 0 Å². The van der Waals surface area contributed by atoms with Crippen LogP contribution in [-0.2, 0) is 9.53 Å². The molecule has 150 valence electrons. The van der Waals surface area contributed by atoms with E-state index in [0.717, 1.165) is 23.1 Å². The second-order valence-electron chi connectivity index (χ2n) is 5.88. The topological polar surface area (TPSA) is 103 Å². The van der Waals surface area contributed by atoms with E-state index in [-0.39, 0.29) is 28.8 Å². The Morgan fingerprint density at radius 1 is 1.32 bits per heavy atom. The summed E-state index contributed by atoms with van der Waals surface area (Å²) in [5.74, 6) is -1.29. The molecule has 2 aromatic heterocycles. The number of hydrogen-bond donors (Lipinski definition) is 1. The summed E-state index contributed by atoms with van der Waals surface area (Å²) < 4.78 is 5.74. The molecule has 2 rings (SSSR count). The van der Waals surface area contributed by atoms with Crippen LogP contribution in [0.3, 0.4) is 0 Å². The fraction of sp³-hybridized carbons (Fsp3) is 0.333. The van der Waals surface area contributed by atoms with E-state index in [1.54, 1.807) is 46.1 Å². The van der Waals surface area contributed by atoms with Crippen molar-refractivity contribution in [3.63, 3.8) is 0 Å². The van der Waals surface area contributed by atoms with Crippen molar-refractivity contribution < 1.29 is 23.9 Å². The summed E-state index contributed by atoms with van der Waals surface area (Å²) in [6.07, 6.45) is 1.35. The van der Waals surface area contributed by atoms with Gasteiger partial charge in [0.2, 0.25) is 5.91 Å². The number of esters is 1. The smallest absolute Gasteiger partial charge is 0.341 e. The van der Waals surface area contributed by atoms with Crippen molar-refractivity contribution in [1.82, 2.24) is 4.90 Å². The monoisotopic (exact) mass is 423 g/mol. The molecule has 0 unspecified atom stereocenters. The number of amides is 2. The Labute approximate surface area is 171 Å². The van der Waals surface area contributed by atoms with E-state index in [0.29, 0.717) is 20.2 Å². The van der Waals surface area contributed by atoms with Crippen molar-refractivity contribution in [2.24, 2.45) is 0 Å². The Bertz CT molecular complexity index is 895. The van der Waals surface area contributed by atoms with Crippen molar-refractivity contribution in [2.45, 2.75) is 18.9 Å². The van der Waals surface area contributed by atoms with E-state index in [4.69, 9.17) is 4.74 Å². The maximum absolute atomic E-state index is 12.4. The van der Waals surface area contributed by atoms with Gasteiger partial charge in [0.25, 0.3) is 10.9 Å². The van der Waals surface area contributed by atoms with Crippen LogP contribution < -0.4 is 10.0 Å². The minimum atomic E-state index is -0.600. The van der Waals surface area contributed by atoms with E-state index in [2.05, 4.69) is 5.32 Å². The van der Waals surface area contributed by atoms with Gasteiger partial charge in [-0.25, -0.2) is 4.79 Å². The molecule has 0 spiro atoms. The fourth-order valence-electron chi connectivity index (χ4n) is 2.28. The molecule has 28 heavy (non-hydrogen) atoms. The molecule has 0 fully saturated rings. The summed E-state index contributed by atoms with van der Waals surface area (Å²) in [6, 6.07) is 4.91. The highest BCUT2D eigenvalue weighted by molar-refractivity contribution is 7.99. The molecular weight excluding hydrogens is 402 g/mol. The van der Waals surface area contributed by atoms with Crippen LogP contribution in [0, 0.1) is 12.1 Å². The molecule has 0 aromatic carbocycles. The van der Waals surface area contributed by atoms with Gasteiger partial charge in [-0.05, 0) is 37.2 Å². The van der Waals surface area contributed by atoms with Gasteiger partial charge in [-0.3, -0.25) is 9.59 Å². The van der Waals surface area contributed by atoms with Crippen molar-refractivity contribution in [2.75, 3.05) is 31.8 Å². The van der Waals surface area contributed by atoms with Crippen molar-refractivity contribution in [1.29, 1.82) is 0 Å². The van der Waals surface area contributed by atoms with Gasteiger partial charge in [0, 0.05) is 26.2 Å². The lowest BCUT2D eigenvalue weighted by molar-refractivity contribution is -0.645. The van der Waals surface area contributed by atoms with Gasteiger partial charge in [-0.2, -0.15) is 4.73 Å². The van der Waals surface area contributed by atoms with E-state index in [1.165, 1.54) is 11.1 Å². The lowest BCUT2D eigenvalue weighted by Gasteiger charge is -2.09. The molecule has 0 radical (unpaired) electrons. The number of nitrogens with zero attached hydrogens (tertiary/aromatic N) is 2. The second-order valence-corrected chi connectivity index (χ2v) is 7.90. The second kappa shape index (κ2) is 9.56. The Hall–Kier alpha value is -2.59. The maximum Gasteiger partial charge on any atom is 0.341 e. The van der Waals surface area contributed by atoms with Crippen molar-refractivity contribution in [3.05, 3.63) is 45.6 Å². The number of pyridine rings is 1. The van der Waals surface area contributed by atoms with Crippen LogP contribution in [0.4, 0.5) is 5.00 Å². The summed E-state index contributed by atoms with van der Waals surface area (Å²) in [5, 5.41) is 15.0. The predicted octanol–water partition coefficient (Wildman–Crippen LogP) is 2.30.